The first-order valence-corrected chi connectivity index (χ1v) is 13.5. The highest BCUT2D eigenvalue weighted by molar-refractivity contribution is 7.92. The van der Waals surface area contributed by atoms with Crippen molar-refractivity contribution in [3.8, 4) is 0 Å². The summed E-state index contributed by atoms with van der Waals surface area (Å²) in [6, 6.07) is 18.3. The van der Waals surface area contributed by atoms with E-state index in [1.165, 1.54) is 40.7 Å². The van der Waals surface area contributed by atoms with Gasteiger partial charge >= 0.3 is 0 Å². The van der Waals surface area contributed by atoms with Gasteiger partial charge in [-0.1, -0.05) is 23.7 Å². The number of para-hydroxylation sites is 1. The number of sulfonamides is 2. The number of amides is 1. The van der Waals surface area contributed by atoms with Crippen molar-refractivity contribution in [2.24, 2.45) is 0 Å². The van der Waals surface area contributed by atoms with Crippen molar-refractivity contribution in [2.45, 2.75) is 11.8 Å². The normalized spacial score (nSPS) is 11.6. The van der Waals surface area contributed by atoms with E-state index < -0.39 is 26.0 Å². The molecule has 1 amide bonds. The van der Waals surface area contributed by atoms with E-state index in [-0.39, 0.29) is 22.2 Å². The number of benzene rings is 3. The number of hydrogen-bond donors (Lipinski definition) is 2. The zero-order valence-electron chi connectivity index (χ0n) is 17.8. The summed E-state index contributed by atoms with van der Waals surface area (Å²) in [5.74, 6) is -0.422. The van der Waals surface area contributed by atoms with Gasteiger partial charge in [-0.15, -0.1) is 0 Å². The second kappa shape index (κ2) is 9.82. The third kappa shape index (κ3) is 6.04. The predicted molar refractivity (Wildman–Crippen MR) is 131 cm³/mol. The average molecular weight is 508 g/mol. The second-order valence-electron chi connectivity index (χ2n) is 7.04. The van der Waals surface area contributed by atoms with Gasteiger partial charge in [0.25, 0.3) is 15.9 Å². The van der Waals surface area contributed by atoms with Crippen LogP contribution in [0, 0.1) is 0 Å². The SMILES string of the molecule is CCN(c1ccc(C(=O)Nc2ccc(S(=O)(=O)Nc3ccccc3Cl)cc2)cc1)S(C)(=O)=O. The van der Waals surface area contributed by atoms with E-state index in [4.69, 9.17) is 11.6 Å². The van der Waals surface area contributed by atoms with Crippen molar-refractivity contribution < 1.29 is 21.6 Å². The van der Waals surface area contributed by atoms with E-state index in [9.17, 15) is 21.6 Å². The zero-order chi connectivity index (χ0) is 24.2. The molecule has 3 aromatic carbocycles. The summed E-state index contributed by atoms with van der Waals surface area (Å²) in [5, 5.41) is 2.95. The van der Waals surface area contributed by atoms with Crippen LogP contribution in [0.25, 0.3) is 0 Å². The Morgan fingerprint density at radius 3 is 2.06 bits per heavy atom. The Labute approximate surface area is 198 Å². The minimum Gasteiger partial charge on any atom is -0.322 e. The fraction of sp³-hybridized carbons (Fsp3) is 0.136. The number of rotatable bonds is 8. The quantitative estimate of drug-likeness (QED) is 0.475. The van der Waals surface area contributed by atoms with E-state index in [2.05, 4.69) is 10.0 Å². The van der Waals surface area contributed by atoms with Gasteiger partial charge < -0.3 is 5.32 Å². The number of nitrogens with one attached hydrogen (secondary N) is 2. The van der Waals surface area contributed by atoms with Crippen LogP contribution in [0.5, 0.6) is 0 Å². The Bertz CT molecular complexity index is 1360. The van der Waals surface area contributed by atoms with Gasteiger partial charge in [-0.25, -0.2) is 16.8 Å². The van der Waals surface area contributed by atoms with Crippen LogP contribution in [0.2, 0.25) is 5.02 Å². The summed E-state index contributed by atoms with van der Waals surface area (Å²) < 4.78 is 52.5. The van der Waals surface area contributed by atoms with Crippen LogP contribution in [-0.4, -0.2) is 35.5 Å². The number of carbonyl (C=O) groups excluding carboxylic acids is 1. The second-order valence-corrected chi connectivity index (χ2v) is 11.0. The molecule has 0 aliphatic heterocycles. The molecule has 8 nitrogen and oxygen atoms in total. The maximum Gasteiger partial charge on any atom is 0.261 e. The smallest absolute Gasteiger partial charge is 0.261 e. The van der Waals surface area contributed by atoms with E-state index in [0.717, 1.165) is 6.26 Å². The van der Waals surface area contributed by atoms with Gasteiger partial charge in [0.15, 0.2) is 0 Å². The molecule has 0 aliphatic rings. The molecule has 0 fully saturated rings. The van der Waals surface area contributed by atoms with Crippen LogP contribution in [0.15, 0.2) is 77.7 Å². The maximum atomic E-state index is 12.6. The molecule has 0 atom stereocenters. The highest BCUT2D eigenvalue weighted by Gasteiger charge is 2.17. The molecular weight excluding hydrogens is 486 g/mol. The number of anilines is 3. The van der Waals surface area contributed by atoms with Gasteiger partial charge in [-0.3, -0.25) is 13.8 Å². The molecule has 0 aliphatic carbocycles. The van der Waals surface area contributed by atoms with E-state index in [0.29, 0.717) is 16.9 Å². The van der Waals surface area contributed by atoms with Crippen molar-refractivity contribution in [3.63, 3.8) is 0 Å². The average Bonchev–Trinajstić information content (AvgIpc) is 2.75. The van der Waals surface area contributed by atoms with Crippen molar-refractivity contribution >= 4 is 54.6 Å². The monoisotopic (exact) mass is 507 g/mol. The van der Waals surface area contributed by atoms with Crippen LogP contribution in [0.4, 0.5) is 17.1 Å². The molecule has 174 valence electrons. The lowest BCUT2D eigenvalue weighted by molar-refractivity contribution is 0.102. The summed E-state index contributed by atoms with van der Waals surface area (Å²) in [6.45, 7) is 1.99. The Balaban J connectivity index is 1.71. The zero-order valence-corrected chi connectivity index (χ0v) is 20.2. The largest absolute Gasteiger partial charge is 0.322 e. The highest BCUT2D eigenvalue weighted by atomic mass is 35.5. The van der Waals surface area contributed by atoms with Gasteiger partial charge in [0.05, 0.1) is 27.5 Å². The Morgan fingerprint density at radius 1 is 0.909 bits per heavy atom. The maximum absolute atomic E-state index is 12.6. The molecule has 0 aromatic heterocycles. The third-order valence-corrected chi connectivity index (χ3v) is 7.63. The molecule has 0 unspecified atom stereocenters. The number of carbonyl (C=O) groups is 1. The highest BCUT2D eigenvalue weighted by Crippen LogP contribution is 2.25. The Hall–Kier alpha value is -3.08. The molecule has 0 radical (unpaired) electrons. The first kappa shape index (κ1) is 24.6. The van der Waals surface area contributed by atoms with E-state index in [1.54, 1.807) is 43.3 Å². The van der Waals surface area contributed by atoms with Gasteiger partial charge in [0, 0.05) is 17.8 Å². The van der Waals surface area contributed by atoms with Gasteiger partial charge in [0.2, 0.25) is 10.0 Å². The molecule has 0 bridgehead atoms. The minimum atomic E-state index is -3.86. The van der Waals surface area contributed by atoms with Crippen LogP contribution >= 0.6 is 11.6 Å². The van der Waals surface area contributed by atoms with Gasteiger partial charge in [-0.05, 0) is 67.6 Å². The number of halogens is 1. The molecule has 33 heavy (non-hydrogen) atoms. The fourth-order valence-electron chi connectivity index (χ4n) is 3.06. The summed E-state index contributed by atoms with van der Waals surface area (Å²) in [5.41, 5.74) is 1.43. The molecule has 2 N–H and O–H groups in total. The first-order valence-electron chi connectivity index (χ1n) is 9.78. The van der Waals surface area contributed by atoms with Crippen LogP contribution < -0.4 is 14.3 Å². The molecule has 0 heterocycles. The molecular formula is C22H22ClN3O5S2. The molecule has 0 saturated carbocycles. The molecule has 0 spiro atoms. The third-order valence-electron chi connectivity index (χ3n) is 4.65. The molecule has 3 rings (SSSR count). The Morgan fingerprint density at radius 2 is 1.52 bits per heavy atom. The van der Waals surface area contributed by atoms with Gasteiger partial charge in [-0.2, -0.15) is 0 Å². The topological polar surface area (TPSA) is 113 Å². The van der Waals surface area contributed by atoms with Crippen molar-refractivity contribution in [3.05, 3.63) is 83.4 Å². The molecule has 3 aromatic rings. The van der Waals surface area contributed by atoms with Crippen molar-refractivity contribution in [2.75, 3.05) is 27.1 Å². The van der Waals surface area contributed by atoms with Crippen LogP contribution in [0.3, 0.4) is 0 Å². The summed E-state index contributed by atoms with van der Waals surface area (Å²) in [6.07, 6.45) is 1.12. The summed E-state index contributed by atoms with van der Waals surface area (Å²) in [7, 11) is -7.28. The van der Waals surface area contributed by atoms with E-state index >= 15 is 0 Å². The fourth-order valence-corrected chi connectivity index (χ4v) is 5.35. The predicted octanol–water partition coefficient (Wildman–Crippen LogP) is 4.18. The number of nitrogens with zero attached hydrogens (tertiary/aromatic N) is 1. The lowest BCUT2D eigenvalue weighted by Crippen LogP contribution is -2.29. The lowest BCUT2D eigenvalue weighted by Gasteiger charge is -2.20. The summed E-state index contributed by atoms with van der Waals surface area (Å²) >= 11 is 6.01. The minimum absolute atomic E-state index is 0.00482. The first-order chi connectivity index (χ1) is 15.5. The number of hydrogen-bond acceptors (Lipinski definition) is 5. The van der Waals surface area contributed by atoms with Gasteiger partial charge in [0.1, 0.15) is 0 Å². The lowest BCUT2D eigenvalue weighted by atomic mass is 10.2. The Kier molecular flexibility index (Phi) is 7.31. The molecule has 11 heteroatoms. The van der Waals surface area contributed by atoms with Crippen LogP contribution in [0.1, 0.15) is 17.3 Å². The van der Waals surface area contributed by atoms with Crippen molar-refractivity contribution in [1.29, 1.82) is 0 Å². The molecule has 0 saturated heterocycles. The summed E-state index contributed by atoms with van der Waals surface area (Å²) in [4.78, 5) is 12.5. The standard InChI is InChI=1S/C22H22ClN3O5S2/c1-3-26(32(2,28)29)18-12-8-16(9-13-18)22(27)24-17-10-14-19(15-11-17)33(30,31)25-21-7-5-4-6-20(21)23/h4-15,25H,3H2,1-2H3,(H,24,27). The van der Waals surface area contributed by atoms with Crippen molar-refractivity contribution in [1.82, 2.24) is 0 Å². The van der Waals surface area contributed by atoms with Crippen LogP contribution in [-0.2, 0) is 20.0 Å². The van der Waals surface area contributed by atoms with E-state index in [1.807, 2.05) is 0 Å².